The highest BCUT2D eigenvalue weighted by atomic mass is 35.5. The van der Waals surface area contributed by atoms with E-state index in [-0.39, 0.29) is 23.8 Å². The van der Waals surface area contributed by atoms with E-state index in [1.54, 1.807) is 6.92 Å². The van der Waals surface area contributed by atoms with Crippen LogP contribution >= 0.6 is 12.4 Å². The fraction of sp³-hybridized carbons (Fsp3) is 0.250. The molecule has 1 atom stereocenters. The van der Waals surface area contributed by atoms with Gasteiger partial charge in [-0.3, -0.25) is 20.2 Å². The highest BCUT2D eigenvalue weighted by Gasteiger charge is 2.17. The van der Waals surface area contributed by atoms with Crippen LogP contribution in [0.5, 0.6) is 0 Å². The van der Waals surface area contributed by atoms with Gasteiger partial charge in [-0.25, -0.2) is 0 Å². The molecule has 1 aromatic rings. The Kier molecular flexibility index (Phi) is 4.80. The SMILES string of the molecule is CC(N)c1cc([N+](=O)[O-])cc([N+](=O)[O-])c1.Cl. The molecule has 1 rings (SSSR count). The van der Waals surface area contributed by atoms with Crippen LogP contribution < -0.4 is 5.73 Å². The number of non-ortho nitro benzene ring substituents is 2. The fourth-order valence-electron chi connectivity index (χ4n) is 1.09. The maximum absolute atomic E-state index is 10.5. The standard InChI is InChI=1S/C8H9N3O4.ClH/c1-5(9)6-2-7(10(12)13)4-8(3-6)11(14)15;/h2-5H,9H2,1H3;1H. The first-order chi connectivity index (χ1) is 6.91. The molecule has 0 bridgehead atoms. The quantitative estimate of drug-likeness (QED) is 0.648. The van der Waals surface area contributed by atoms with Crippen LogP contribution in [0.4, 0.5) is 11.4 Å². The Morgan fingerprint density at radius 2 is 1.50 bits per heavy atom. The van der Waals surface area contributed by atoms with Crippen molar-refractivity contribution in [1.82, 2.24) is 0 Å². The number of nitro benzene ring substituents is 2. The van der Waals surface area contributed by atoms with Crippen molar-refractivity contribution in [2.45, 2.75) is 13.0 Å². The van der Waals surface area contributed by atoms with Crippen LogP contribution in [0.25, 0.3) is 0 Å². The van der Waals surface area contributed by atoms with Crippen LogP contribution in [0.1, 0.15) is 18.5 Å². The molecule has 16 heavy (non-hydrogen) atoms. The lowest BCUT2D eigenvalue weighted by Crippen LogP contribution is -2.06. The number of hydrogen-bond donors (Lipinski definition) is 1. The second-order valence-corrected chi connectivity index (χ2v) is 3.09. The Hall–Kier alpha value is -1.73. The number of benzene rings is 1. The van der Waals surface area contributed by atoms with Crippen molar-refractivity contribution in [2.24, 2.45) is 5.73 Å². The number of nitrogens with two attached hydrogens (primary N) is 1. The first-order valence-electron chi connectivity index (χ1n) is 4.11. The smallest absolute Gasteiger partial charge is 0.276 e. The summed E-state index contributed by atoms with van der Waals surface area (Å²) in [6.45, 7) is 1.60. The molecule has 0 spiro atoms. The van der Waals surface area contributed by atoms with Crippen molar-refractivity contribution in [2.75, 3.05) is 0 Å². The number of nitrogens with zero attached hydrogens (tertiary/aromatic N) is 2. The lowest BCUT2D eigenvalue weighted by Gasteiger charge is -2.04. The second kappa shape index (κ2) is 5.38. The Morgan fingerprint density at radius 1 is 1.12 bits per heavy atom. The molecular weight excluding hydrogens is 238 g/mol. The van der Waals surface area contributed by atoms with Crippen LogP contribution in [0.2, 0.25) is 0 Å². The fourth-order valence-corrected chi connectivity index (χ4v) is 1.09. The van der Waals surface area contributed by atoms with E-state index in [9.17, 15) is 20.2 Å². The predicted molar refractivity (Wildman–Crippen MR) is 59.6 cm³/mol. The van der Waals surface area contributed by atoms with E-state index in [4.69, 9.17) is 5.73 Å². The molecule has 0 saturated carbocycles. The van der Waals surface area contributed by atoms with Crippen molar-refractivity contribution in [3.63, 3.8) is 0 Å². The average Bonchev–Trinajstić information content (AvgIpc) is 2.16. The molecule has 0 aliphatic carbocycles. The average molecular weight is 248 g/mol. The van der Waals surface area contributed by atoms with Gasteiger partial charge in [-0.2, -0.15) is 0 Å². The first kappa shape index (κ1) is 14.3. The summed E-state index contributed by atoms with van der Waals surface area (Å²) < 4.78 is 0. The van der Waals surface area contributed by atoms with Gasteiger partial charge in [-0.1, -0.05) is 0 Å². The molecule has 2 N–H and O–H groups in total. The van der Waals surface area contributed by atoms with E-state index in [1.165, 1.54) is 12.1 Å². The van der Waals surface area contributed by atoms with Crippen molar-refractivity contribution in [3.8, 4) is 0 Å². The van der Waals surface area contributed by atoms with E-state index in [1.807, 2.05) is 0 Å². The van der Waals surface area contributed by atoms with Gasteiger partial charge in [-0.05, 0) is 12.5 Å². The van der Waals surface area contributed by atoms with Crippen LogP contribution in [-0.4, -0.2) is 9.85 Å². The second-order valence-electron chi connectivity index (χ2n) is 3.09. The number of halogens is 1. The minimum atomic E-state index is -0.682. The van der Waals surface area contributed by atoms with E-state index >= 15 is 0 Å². The zero-order valence-corrected chi connectivity index (χ0v) is 9.14. The first-order valence-corrected chi connectivity index (χ1v) is 4.11. The summed E-state index contributed by atoms with van der Waals surface area (Å²) in [5.74, 6) is 0. The summed E-state index contributed by atoms with van der Waals surface area (Å²) in [7, 11) is 0. The lowest BCUT2D eigenvalue weighted by atomic mass is 10.1. The van der Waals surface area contributed by atoms with Gasteiger partial charge in [-0.15, -0.1) is 12.4 Å². The summed E-state index contributed by atoms with van der Waals surface area (Å²) in [6.07, 6.45) is 0. The molecule has 0 amide bonds. The summed E-state index contributed by atoms with van der Waals surface area (Å²) in [6, 6.07) is 2.89. The molecule has 0 radical (unpaired) electrons. The molecular formula is C8H10ClN3O4. The van der Waals surface area contributed by atoms with E-state index in [0.717, 1.165) is 6.07 Å². The molecule has 0 aliphatic heterocycles. The topological polar surface area (TPSA) is 112 Å². The molecule has 1 unspecified atom stereocenters. The molecule has 7 nitrogen and oxygen atoms in total. The van der Waals surface area contributed by atoms with Crippen LogP contribution in [0, 0.1) is 20.2 Å². The minimum absolute atomic E-state index is 0. The van der Waals surface area contributed by atoms with Gasteiger partial charge in [0, 0.05) is 18.2 Å². The van der Waals surface area contributed by atoms with Crippen molar-refractivity contribution < 1.29 is 9.85 Å². The van der Waals surface area contributed by atoms with Crippen molar-refractivity contribution >= 4 is 23.8 Å². The van der Waals surface area contributed by atoms with Gasteiger partial charge in [0.1, 0.15) is 0 Å². The Bertz CT molecular complexity index is 389. The number of nitro groups is 2. The normalized spacial score (nSPS) is 11.4. The Balaban J connectivity index is 0.00000225. The maximum atomic E-state index is 10.5. The third-order valence-electron chi connectivity index (χ3n) is 1.87. The molecule has 0 aromatic heterocycles. The molecule has 88 valence electrons. The van der Waals surface area contributed by atoms with E-state index in [2.05, 4.69) is 0 Å². The van der Waals surface area contributed by atoms with Gasteiger partial charge in [0.15, 0.2) is 0 Å². The minimum Gasteiger partial charge on any atom is -0.324 e. The van der Waals surface area contributed by atoms with E-state index in [0.29, 0.717) is 5.56 Å². The van der Waals surface area contributed by atoms with Crippen LogP contribution in [-0.2, 0) is 0 Å². The molecule has 0 aliphatic rings. The summed E-state index contributed by atoms with van der Waals surface area (Å²) in [5.41, 5.74) is 5.23. The third-order valence-corrected chi connectivity index (χ3v) is 1.87. The highest BCUT2D eigenvalue weighted by Crippen LogP contribution is 2.25. The molecule has 8 heteroatoms. The van der Waals surface area contributed by atoms with Gasteiger partial charge in [0.05, 0.1) is 15.9 Å². The zero-order valence-electron chi connectivity index (χ0n) is 8.32. The van der Waals surface area contributed by atoms with Gasteiger partial charge < -0.3 is 5.73 Å². The zero-order chi connectivity index (χ0) is 11.6. The predicted octanol–water partition coefficient (Wildman–Crippen LogP) is 1.94. The molecule has 0 saturated heterocycles. The van der Waals surface area contributed by atoms with Gasteiger partial charge in [0.2, 0.25) is 0 Å². The summed E-state index contributed by atoms with van der Waals surface area (Å²) in [5, 5.41) is 21.0. The van der Waals surface area contributed by atoms with Crippen molar-refractivity contribution in [3.05, 3.63) is 44.0 Å². The Labute approximate surface area is 97.0 Å². The molecule has 0 heterocycles. The van der Waals surface area contributed by atoms with Gasteiger partial charge in [0.25, 0.3) is 11.4 Å². The number of rotatable bonds is 3. The van der Waals surface area contributed by atoms with Crippen molar-refractivity contribution in [1.29, 1.82) is 0 Å². The lowest BCUT2D eigenvalue weighted by molar-refractivity contribution is -0.394. The molecule has 0 fully saturated rings. The van der Waals surface area contributed by atoms with Gasteiger partial charge >= 0.3 is 0 Å². The van der Waals surface area contributed by atoms with Crippen LogP contribution in [0.3, 0.4) is 0 Å². The monoisotopic (exact) mass is 247 g/mol. The molecule has 1 aromatic carbocycles. The highest BCUT2D eigenvalue weighted by molar-refractivity contribution is 5.85. The maximum Gasteiger partial charge on any atom is 0.276 e. The number of hydrogen-bond acceptors (Lipinski definition) is 5. The largest absolute Gasteiger partial charge is 0.324 e. The van der Waals surface area contributed by atoms with Crippen LogP contribution in [0.15, 0.2) is 18.2 Å². The summed E-state index contributed by atoms with van der Waals surface area (Å²) >= 11 is 0. The summed E-state index contributed by atoms with van der Waals surface area (Å²) in [4.78, 5) is 19.6. The van der Waals surface area contributed by atoms with E-state index < -0.39 is 15.9 Å². The Morgan fingerprint density at radius 3 is 1.75 bits per heavy atom. The third kappa shape index (κ3) is 3.14.